The molecule has 0 saturated heterocycles. The summed E-state index contributed by atoms with van der Waals surface area (Å²) in [6, 6.07) is 7.06. The predicted molar refractivity (Wildman–Crippen MR) is 89.4 cm³/mol. The molecule has 25 heavy (non-hydrogen) atoms. The molecule has 0 aliphatic rings. The summed E-state index contributed by atoms with van der Waals surface area (Å²) >= 11 is 0. The van der Waals surface area contributed by atoms with Crippen LogP contribution in [0.15, 0.2) is 30.3 Å². The summed E-state index contributed by atoms with van der Waals surface area (Å²) in [5, 5.41) is 15.8. The maximum absolute atomic E-state index is 12.3. The van der Waals surface area contributed by atoms with Gasteiger partial charge in [-0.25, -0.2) is 0 Å². The predicted octanol–water partition coefficient (Wildman–Crippen LogP) is -1.62. The fourth-order valence-corrected chi connectivity index (χ4v) is 1.96. The van der Waals surface area contributed by atoms with Gasteiger partial charge in [-0.05, 0) is 12.5 Å². The summed E-state index contributed by atoms with van der Waals surface area (Å²) in [7, 11) is 0. The van der Waals surface area contributed by atoms with Crippen LogP contribution in [-0.4, -0.2) is 54.0 Å². The Morgan fingerprint density at radius 2 is 1.72 bits per heavy atom. The first kappa shape index (κ1) is 20.1. The molecule has 1 aromatic carbocycles. The number of benzene rings is 1. The van der Waals surface area contributed by atoms with E-state index >= 15 is 0 Å². The Kier molecular flexibility index (Phi) is 8.07. The van der Waals surface area contributed by atoms with Crippen molar-refractivity contribution in [2.24, 2.45) is 5.73 Å². The van der Waals surface area contributed by atoms with Gasteiger partial charge in [-0.15, -0.1) is 0 Å². The van der Waals surface area contributed by atoms with Crippen LogP contribution in [0.5, 0.6) is 0 Å². The van der Waals surface area contributed by atoms with Gasteiger partial charge in [-0.1, -0.05) is 30.3 Å². The van der Waals surface area contributed by atoms with Crippen molar-refractivity contribution >= 4 is 23.7 Å². The van der Waals surface area contributed by atoms with Gasteiger partial charge in [-0.3, -0.25) is 19.2 Å². The molecule has 2 unspecified atom stereocenters. The lowest BCUT2D eigenvalue weighted by Crippen LogP contribution is -2.52. The minimum atomic E-state index is -1.18. The second kappa shape index (κ2) is 10.0. The molecule has 2 atom stereocenters. The smallest absolute Gasteiger partial charge is 0.325 e. The van der Waals surface area contributed by atoms with E-state index in [1.165, 1.54) is 6.92 Å². The molecule has 3 amide bonds. The number of carboxylic acid groups (broad SMARTS) is 1. The summed E-state index contributed by atoms with van der Waals surface area (Å²) in [6.45, 7) is 0.636. The van der Waals surface area contributed by atoms with E-state index in [1.807, 2.05) is 6.07 Å². The van der Waals surface area contributed by atoms with Crippen molar-refractivity contribution in [2.75, 3.05) is 13.1 Å². The average molecular weight is 350 g/mol. The first-order chi connectivity index (χ1) is 11.8. The molecule has 0 heterocycles. The standard InChI is InChI=1S/C16H22N4O5/c1-10(16(24)25)19-14(22)9-18-15(23)12(20-13(21)8-17)7-11-5-3-2-4-6-11/h2-6,10,12H,7-9,17H2,1H3,(H,18,23)(H,19,22)(H,20,21)(H,24,25). The fourth-order valence-electron chi connectivity index (χ4n) is 1.96. The first-order valence-electron chi connectivity index (χ1n) is 7.66. The molecule has 1 aromatic rings. The van der Waals surface area contributed by atoms with E-state index in [0.29, 0.717) is 0 Å². The Morgan fingerprint density at radius 1 is 1.08 bits per heavy atom. The first-order valence-corrected chi connectivity index (χ1v) is 7.66. The molecule has 0 radical (unpaired) electrons. The average Bonchev–Trinajstić information content (AvgIpc) is 2.59. The van der Waals surface area contributed by atoms with Gasteiger partial charge in [0.1, 0.15) is 12.1 Å². The van der Waals surface area contributed by atoms with Crippen LogP contribution in [-0.2, 0) is 25.6 Å². The molecule has 6 N–H and O–H groups in total. The fraction of sp³-hybridized carbons (Fsp3) is 0.375. The zero-order valence-electron chi connectivity index (χ0n) is 13.8. The third kappa shape index (κ3) is 7.44. The van der Waals surface area contributed by atoms with E-state index in [-0.39, 0.29) is 13.0 Å². The van der Waals surface area contributed by atoms with Crippen molar-refractivity contribution in [3.8, 4) is 0 Å². The Labute approximate surface area is 145 Å². The van der Waals surface area contributed by atoms with E-state index in [4.69, 9.17) is 10.8 Å². The van der Waals surface area contributed by atoms with E-state index in [0.717, 1.165) is 5.56 Å². The van der Waals surface area contributed by atoms with Gasteiger partial charge in [0.05, 0.1) is 13.1 Å². The number of rotatable bonds is 9. The highest BCUT2D eigenvalue weighted by atomic mass is 16.4. The number of hydrogen-bond donors (Lipinski definition) is 5. The summed E-state index contributed by atoms with van der Waals surface area (Å²) in [5.74, 6) is -2.90. The highest BCUT2D eigenvalue weighted by Crippen LogP contribution is 2.03. The van der Waals surface area contributed by atoms with Crippen LogP contribution in [0.3, 0.4) is 0 Å². The third-order valence-electron chi connectivity index (χ3n) is 3.29. The molecular weight excluding hydrogens is 328 g/mol. The van der Waals surface area contributed by atoms with Crippen molar-refractivity contribution < 1.29 is 24.3 Å². The maximum Gasteiger partial charge on any atom is 0.325 e. The number of amides is 3. The number of carbonyl (C=O) groups is 4. The van der Waals surface area contributed by atoms with E-state index in [2.05, 4.69) is 16.0 Å². The van der Waals surface area contributed by atoms with E-state index in [9.17, 15) is 19.2 Å². The summed E-state index contributed by atoms with van der Waals surface area (Å²) in [5.41, 5.74) is 6.08. The molecular formula is C16H22N4O5. The maximum atomic E-state index is 12.3. The zero-order chi connectivity index (χ0) is 18.8. The summed E-state index contributed by atoms with van der Waals surface area (Å²) in [6.07, 6.45) is 0.228. The molecule has 0 aromatic heterocycles. The number of nitrogens with one attached hydrogen (secondary N) is 3. The van der Waals surface area contributed by atoms with Crippen molar-refractivity contribution in [2.45, 2.75) is 25.4 Å². The molecule has 0 saturated carbocycles. The van der Waals surface area contributed by atoms with Crippen LogP contribution in [0.2, 0.25) is 0 Å². The SMILES string of the molecule is CC(NC(=O)CNC(=O)C(Cc1ccccc1)NC(=O)CN)C(=O)O. The lowest BCUT2D eigenvalue weighted by molar-refractivity contribution is -0.141. The van der Waals surface area contributed by atoms with Crippen molar-refractivity contribution in [1.82, 2.24) is 16.0 Å². The van der Waals surface area contributed by atoms with Crippen molar-refractivity contribution in [3.63, 3.8) is 0 Å². The van der Waals surface area contributed by atoms with Gasteiger partial charge >= 0.3 is 5.97 Å². The molecule has 0 bridgehead atoms. The van der Waals surface area contributed by atoms with Gasteiger partial charge in [0.15, 0.2) is 0 Å². The van der Waals surface area contributed by atoms with Crippen LogP contribution in [0, 0.1) is 0 Å². The van der Waals surface area contributed by atoms with Gasteiger partial charge < -0.3 is 26.8 Å². The lowest BCUT2D eigenvalue weighted by Gasteiger charge is -2.18. The van der Waals surface area contributed by atoms with Crippen LogP contribution >= 0.6 is 0 Å². The monoisotopic (exact) mass is 350 g/mol. The van der Waals surface area contributed by atoms with Crippen LogP contribution in [0.4, 0.5) is 0 Å². The topological polar surface area (TPSA) is 151 Å². The number of nitrogens with two attached hydrogens (primary N) is 1. The quantitative estimate of drug-likeness (QED) is 0.361. The van der Waals surface area contributed by atoms with Crippen LogP contribution in [0.1, 0.15) is 12.5 Å². The Hall–Kier alpha value is -2.94. The minimum Gasteiger partial charge on any atom is -0.480 e. The number of aliphatic carboxylic acids is 1. The summed E-state index contributed by atoms with van der Waals surface area (Å²) < 4.78 is 0. The largest absolute Gasteiger partial charge is 0.480 e. The summed E-state index contributed by atoms with van der Waals surface area (Å²) in [4.78, 5) is 46.1. The lowest BCUT2D eigenvalue weighted by atomic mass is 10.1. The molecule has 0 aliphatic heterocycles. The molecule has 9 heteroatoms. The molecule has 1 rings (SSSR count). The Balaban J connectivity index is 2.64. The van der Waals surface area contributed by atoms with Gasteiger partial charge in [-0.2, -0.15) is 0 Å². The number of hydrogen-bond acceptors (Lipinski definition) is 5. The molecule has 0 aliphatic carbocycles. The van der Waals surface area contributed by atoms with Crippen LogP contribution < -0.4 is 21.7 Å². The normalized spacial score (nSPS) is 12.6. The highest BCUT2D eigenvalue weighted by Gasteiger charge is 2.22. The number of carbonyl (C=O) groups excluding carboxylic acids is 3. The third-order valence-corrected chi connectivity index (χ3v) is 3.29. The van der Waals surface area contributed by atoms with E-state index < -0.39 is 42.3 Å². The number of carboxylic acids is 1. The second-order valence-electron chi connectivity index (χ2n) is 5.36. The zero-order valence-corrected chi connectivity index (χ0v) is 13.8. The van der Waals surface area contributed by atoms with Crippen LogP contribution in [0.25, 0.3) is 0 Å². The van der Waals surface area contributed by atoms with Crippen molar-refractivity contribution in [1.29, 1.82) is 0 Å². The van der Waals surface area contributed by atoms with Crippen molar-refractivity contribution in [3.05, 3.63) is 35.9 Å². The molecule has 136 valence electrons. The Bertz CT molecular complexity index is 620. The van der Waals surface area contributed by atoms with Gasteiger partial charge in [0.2, 0.25) is 17.7 Å². The molecule has 0 fully saturated rings. The van der Waals surface area contributed by atoms with Gasteiger partial charge in [0.25, 0.3) is 0 Å². The molecule has 0 spiro atoms. The Morgan fingerprint density at radius 3 is 2.28 bits per heavy atom. The van der Waals surface area contributed by atoms with Gasteiger partial charge in [0, 0.05) is 6.42 Å². The second-order valence-corrected chi connectivity index (χ2v) is 5.36. The molecule has 9 nitrogen and oxygen atoms in total. The minimum absolute atomic E-state index is 0.228. The van der Waals surface area contributed by atoms with E-state index in [1.54, 1.807) is 24.3 Å². The highest BCUT2D eigenvalue weighted by molar-refractivity contribution is 5.92.